The van der Waals surface area contributed by atoms with Gasteiger partial charge in [-0.05, 0) is 18.1 Å². The largest absolute Gasteiger partial charge is 0.375 e. The molecular weight excluding hydrogens is 186 g/mol. The maximum atomic E-state index is 5.52. The van der Waals surface area contributed by atoms with Gasteiger partial charge in [0.15, 0.2) is 0 Å². The second-order valence-corrected chi connectivity index (χ2v) is 3.82. The number of ether oxygens (including phenoxy) is 1. The Kier molecular flexibility index (Phi) is 3.05. The van der Waals surface area contributed by atoms with E-state index in [4.69, 9.17) is 11.2 Å². The molecule has 0 bridgehead atoms. The lowest BCUT2D eigenvalue weighted by atomic mass is 9.98. The first-order valence-corrected chi connectivity index (χ1v) is 5.19. The summed E-state index contributed by atoms with van der Waals surface area (Å²) in [5.74, 6) is 2.68. The summed E-state index contributed by atoms with van der Waals surface area (Å²) >= 11 is 0. The molecule has 0 saturated heterocycles. The summed E-state index contributed by atoms with van der Waals surface area (Å²) < 4.78 is 5.52. The predicted octanol–water partition coefficient (Wildman–Crippen LogP) is 1.87. The Morgan fingerprint density at radius 2 is 2.33 bits per heavy atom. The van der Waals surface area contributed by atoms with Crippen molar-refractivity contribution in [1.29, 1.82) is 0 Å². The highest BCUT2D eigenvalue weighted by molar-refractivity contribution is 5.31. The molecule has 2 unspecified atom stereocenters. The van der Waals surface area contributed by atoms with Crippen LogP contribution < -0.4 is 5.32 Å². The van der Waals surface area contributed by atoms with Gasteiger partial charge in [0.25, 0.3) is 0 Å². The number of hydrogen-bond donors (Lipinski definition) is 1. The lowest BCUT2D eigenvalue weighted by Gasteiger charge is -2.27. The van der Waals surface area contributed by atoms with Crippen LogP contribution in [0.4, 0.5) is 0 Å². The quantitative estimate of drug-likeness (QED) is 0.737. The van der Waals surface area contributed by atoms with Gasteiger partial charge in [0, 0.05) is 0 Å². The van der Waals surface area contributed by atoms with Gasteiger partial charge in [0.1, 0.15) is 0 Å². The smallest absolute Gasteiger partial charge is 0.0721 e. The van der Waals surface area contributed by atoms with Gasteiger partial charge in [-0.15, -0.1) is 6.42 Å². The Bertz CT molecular complexity index is 380. The molecule has 0 amide bonds. The molecular formula is C13H15NO. The molecule has 0 saturated carbocycles. The van der Waals surface area contributed by atoms with Crippen LogP contribution in [0.2, 0.25) is 0 Å². The van der Waals surface area contributed by atoms with E-state index < -0.39 is 0 Å². The highest BCUT2D eigenvalue weighted by atomic mass is 16.5. The Morgan fingerprint density at radius 3 is 3.13 bits per heavy atom. The monoisotopic (exact) mass is 201 g/mol. The van der Waals surface area contributed by atoms with Gasteiger partial charge in [0.05, 0.1) is 25.3 Å². The molecule has 1 N–H and O–H groups in total. The summed E-state index contributed by atoms with van der Waals surface area (Å²) in [6, 6.07) is 8.63. The Morgan fingerprint density at radius 1 is 1.53 bits per heavy atom. The molecule has 2 nitrogen and oxygen atoms in total. The first kappa shape index (κ1) is 10.2. The standard InChI is InChI=1S/C13H15NO/c1-3-10(2)14-13-9-15-8-11-6-4-5-7-12(11)13/h1,4-7,10,13-14H,8-9H2,2H3. The second kappa shape index (κ2) is 4.48. The molecule has 0 radical (unpaired) electrons. The fourth-order valence-electron chi connectivity index (χ4n) is 1.87. The zero-order valence-electron chi connectivity index (χ0n) is 8.86. The van der Waals surface area contributed by atoms with E-state index in [1.165, 1.54) is 11.1 Å². The van der Waals surface area contributed by atoms with Crippen LogP contribution in [-0.2, 0) is 11.3 Å². The summed E-state index contributed by atoms with van der Waals surface area (Å²) in [6.07, 6.45) is 5.36. The second-order valence-electron chi connectivity index (χ2n) is 3.82. The van der Waals surface area contributed by atoms with Crippen molar-refractivity contribution >= 4 is 0 Å². The minimum atomic E-state index is 0.0738. The van der Waals surface area contributed by atoms with Gasteiger partial charge in [0.2, 0.25) is 0 Å². The molecule has 0 aromatic heterocycles. The fraction of sp³-hybridized carbons (Fsp3) is 0.385. The van der Waals surface area contributed by atoms with Gasteiger partial charge in [-0.2, -0.15) is 0 Å². The molecule has 2 heteroatoms. The minimum absolute atomic E-state index is 0.0738. The van der Waals surface area contributed by atoms with Crippen molar-refractivity contribution in [2.75, 3.05) is 6.61 Å². The molecule has 1 aromatic carbocycles. The summed E-state index contributed by atoms with van der Waals surface area (Å²) in [5, 5.41) is 3.36. The van der Waals surface area contributed by atoms with Crippen LogP contribution in [0.15, 0.2) is 24.3 Å². The lowest BCUT2D eigenvalue weighted by Crippen LogP contribution is -2.34. The van der Waals surface area contributed by atoms with Gasteiger partial charge >= 0.3 is 0 Å². The molecule has 0 fully saturated rings. The van der Waals surface area contributed by atoms with Gasteiger partial charge in [-0.1, -0.05) is 30.2 Å². The topological polar surface area (TPSA) is 21.3 Å². The van der Waals surface area contributed by atoms with Crippen LogP contribution in [0.25, 0.3) is 0 Å². The molecule has 1 aliphatic rings. The molecule has 2 rings (SSSR count). The Hall–Kier alpha value is -1.30. The van der Waals surface area contributed by atoms with Crippen LogP contribution in [-0.4, -0.2) is 12.6 Å². The molecule has 1 aromatic rings. The molecule has 2 atom stereocenters. The number of terminal acetylenes is 1. The van der Waals surface area contributed by atoms with Crippen LogP contribution in [0, 0.1) is 12.3 Å². The van der Waals surface area contributed by atoms with Crippen molar-refractivity contribution in [2.45, 2.75) is 25.6 Å². The fourth-order valence-corrected chi connectivity index (χ4v) is 1.87. The predicted molar refractivity (Wildman–Crippen MR) is 60.3 cm³/mol. The summed E-state index contributed by atoms with van der Waals surface area (Å²) in [4.78, 5) is 0. The summed E-state index contributed by atoms with van der Waals surface area (Å²) in [5.41, 5.74) is 2.57. The first-order chi connectivity index (χ1) is 7.31. The van der Waals surface area contributed by atoms with Crippen LogP contribution in [0.3, 0.4) is 0 Å². The first-order valence-electron chi connectivity index (χ1n) is 5.19. The lowest BCUT2D eigenvalue weighted by molar-refractivity contribution is 0.0809. The van der Waals surface area contributed by atoms with E-state index in [0.29, 0.717) is 13.2 Å². The van der Waals surface area contributed by atoms with E-state index in [1.54, 1.807) is 0 Å². The van der Waals surface area contributed by atoms with Gasteiger partial charge < -0.3 is 4.74 Å². The third-order valence-corrected chi connectivity index (χ3v) is 2.67. The maximum Gasteiger partial charge on any atom is 0.0721 e. The molecule has 15 heavy (non-hydrogen) atoms. The van der Waals surface area contributed by atoms with Crippen molar-refractivity contribution in [3.05, 3.63) is 35.4 Å². The number of nitrogens with one attached hydrogen (secondary N) is 1. The minimum Gasteiger partial charge on any atom is -0.375 e. The van der Waals surface area contributed by atoms with E-state index in [-0.39, 0.29) is 12.1 Å². The van der Waals surface area contributed by atoms with E-state index >= 15 is 0 Å². The van der Waals surface area contributed by atoms with E-state index in [0.717, 1.165) is 0 Å². The number of fused-ring (bicyclic) bond motifs is 1. The zero-order chi connectivity index (χ0) is 10.7. The average Bonchev–Trinajstić information content (AvgIpc) is 2.29. The number of hydrogen-bond acceptors (Lipinski definition) is 2. The van der Waals surface area contributed by atoms with Crippen LogP contribution in [0.5, 0.6) is 0 Å². The van der Waals surface area contributed by atoms with Gasteiger partial charge in [-0.25, -0.2) is 0 Å². The van der Waals surface area contributed by atoms with Crippen molar-refractivity contribution in [3.63, 3.8) is 0 Å². The van der Waals surface area contributed by atoms with Crippen molar-refractivity contribution in [2.24, 2.45) is 0 Å². The number of benzene rings is 1. The normalized spacial score (nSPS) is 21.5. The van der Waals surface area contributed by atoms with Crippen LogP contribution >= 0.6 is 0 Å². The Labute approximate surface area is 90.6 Å². The molecule has 0 aliphatic carbocycles. The third kappa shape index (κ3) is 2.20. The van der Waals surface area contributed by atoms with E-state index in [9.17, 15) is 0 Å². The molecule has 1 heterocycles. The average molecular weight is 201 g/mol. The zero-order valence-corrected chi connectivity index (χ0v) is 8.86. The highest BCUT2D eigenvalue weighted by Crippen LogP contribution is 2.24. The van der Waals surface area contributed by atoms with Crippen molar-refractivity contribution in [1.82, 2.24) is 5.32 Å². The van der Waals surface area contributed by atoms with Crippen LogP contribution in [0.1, 0.15) is 24.1 Å². The SMILES string of the molecule is C#CC(C)NC1COCc2ccccc21. The van der Waals surface area contributed by atoms with Crippen molar-refractivity contribution < 1.29 is 4.74 Å². The van der Waals surface area contributed by atoms with Gasteiger partial charge in [-0.3, -0.25) is 5.32 Å². The Balaban J connectivity index is 2.19. The molecule has 78 valence electrons. The summed E-state index contributed by atoms with van der Waals surface area (Å²) in [7, 11) is 0. The molecule has 1 aliphatic heterocycles. The van der Waals surface area contributed by atoms with E-state index in [2.05, 4.69) is 29.4 Å². The third-order valence-electron chi connectivity index (χ3n) is 2.67. The summed E-state index contributed by atoms with van der Waals surface area (Å²) in [6.45, 7) is 3.39. The highest BCUT2D eigenvalue weighted by Gasteiger charge is 2.20. The molecule has 0 spiro atoms. The van der Waals surface area contributed by atoms with E-state index in [1.807, 2.05) is 13.0 Å². The number of rotatable bonds is 2. The van der Waals surface area contributed by atoms with Crippen molar-refractivity contribution in [3.8, 4) is 12.3 Å². The maximum absolute atomic E-state index is 5.52.